The topological polar surface area (TPSA) is 0 Å². The zero-order valence-electron chi connectivity index (χ0n) is 4.22. The van der Waals surface area contributed by atoms with E-state index in [9.17, 15) is 4.39 Å². The second-order valence-corrected chi connectivity index (χ2v) is 2.72. The van der Waals surface area contributed by atoms with Gasteiger partial charge >= 0.3 is 0 Å². The molecule has 2 heteroatoms. The van der Waals surface area contributed by atoms with E-state index < -0.39 is 6.17 Å². The summed E-state index contributed by atoms with van der Waals surface area (Å²) in [7, 11) is 0. The van der Waals surface area contributed by atoms with Crippen LogP contribution in [-0.2, 0) is 0 Å². The van der Waals surface area contributed by atoms with Gasteiger partial charge in [-0.2, -0.15) is 0 Å². The second-order valence-electron chi connectivity index (χ2n) is 1.66. The Bertz CT molecular complexity index is 112. The van der Waals surface area contributed by atoms with Crippen LogP contribution < -0.4 is 0 Å². The van der Waals surface area contributed by atoms with Crippen LogP contribution >= 0.6 is 15.9 Å². The van der Waals surface area contributed by atoms with Crippen LogP contribution in [0.2, 0.25) is 0 Å². The van der Waals surface area contributed by atoms with Crippen molar-refractivity contribution in [1.29, 1.82) is 0 Å². The van der Waals surface area contributed by atoms with Crippen molar-refractivity contribution in [2.24, 2.45) is 0 Å². The molecule has 0 spiro atoms. The molecule has 0 aromatic rings. The smallest absolute Gasteiger partial charge is 0.134 e. The highest BCUT2D eigenvalue weighted by atomic mass is 79.9. The maximum absolute atomic E-state index is 12.4. The first-order valence-electron chi connectivity index (χ1n) is 2.44. The van der Waals surface area contributed by atoms with Gasteiger partial charge in [0.2, 0.25) is 0 Å². The van der Waals surface area contributed by atoms with E-state index in [1.54, 1.807) is 12.2 Å². The van der Waals surface area contributed by atoms with Gasteiger partial charge in [0.05, 0.1) is 4.83 Å². The summed E-state index contributed by atoms with van der Waals surface area (Å²) < 4.78 is 12.4. The summed E-state index contributed by atoms with van der Waals surface area (Å²) in [6.45, 7) is 0. The highest BCUT2D eigenvalue weighted by molar-refractivity contribution is 9.09. The van der Waals surface area contributed by atoms with E-state index in [1.807, 2.05) is 6.08 Å². The first-order chi connectivity index (χ1) is 3.80. The van der Waals surface area contributed by atoms with Gasteiger partial charge < -0.3 is 0 Å². The molecule has 1 aliphatic carbocycles. The van der Waals surface area contributed by atoms with E-state index in [4.69, 9.17) is 0 Å². The third kappa shape index (κ3) is 1.19. The largest absolute Gasteiger partial charge is 0.241 e. The van der Waals surface area contributed by atoms with Gasteiger partial charge in [0.15, 0.2) is 0 Å². The quantitative estimate of drug-likeness (QED) is 0.497. The van der Waals surface area contributed by atoms with Crippen LogP contribution in [0.4, 0.5) is 4.39 Å². The molecule has 44 valence electrons. The van der Waals surface area contributed by atoms with Crippen molar-refractivity contribution in [1.82, 2.24) is 0 Å². The molecule has 0 N–H and O–H groups in total. The number of alkyl halides is 2. The minimum absolute atomic E-state index is 0.118. The summed E-state index contributed by atoms with van der Waals surface area (Å²) >= 11 is 3.14. The Morgan fingerprint density at radius 2 is 1.88 bits per heavy atom. The Hall–Kier alpha value is -0.110. The molecule has 0 amide bonds. The Balaban J connectivity index is 2.59. The van der Waals surface area contributed by atoms with Crippen LogP contribution in [0.3, 0.4) is 0 Å². The van der Waals surface area contributed by atoms with E-state index in [2.05, 4.69) is 15.9 Å². The molecule has 2 atom stereocenters. The lowest BCUT2D eigenvalue weighted by molar-refractivity contribution is 0.411. The van der Waals surface area contributed by atoms with Gasteiger partial charge in [0.25, 0.3) is 0 Å². The fraction of sp³-hybridized carbons (Fsp3) is 0.333. The number of hydrogen-bond acceptors (Lipinski definition) is 0. The summed E-state index contributed by atoms with van der Waals surface area (Å²) in [5.41, 5.74) is 0. The molecule has 0 aromatic carbocycles. The third-order valence-electron chi connectivity index (χ3n) is 1.01. The van der Waals surface area contributed by atoms with E-state index in [0.717, 1.165) is 0 Å². The van der Waals surface area contributed by atoms with Crippen molar-refractivity contribution in [3.05, 3.63) is 24.3 Å². The van der Waals surface area contributed by atoms with E-state index in [0.29, 0.717) is 0 Å². The molecule has 0 saturated heterocycles. The Kier molecular flexibility index (Phi) is 1.84. The number of allylic oxidation sites excluding steroid dienone is 4. The molecule has 0 aliphatic heterocycles. The molecule has 0 aromatic heterocycles. The van der Waals surface area contributed by atoms with Crippen molar-refractivity contribution in [2.75, 3.05) is 0 Å². The summed E-state index contributed by atoms with van der Waals surface area (Å²) in [6.07, 6.45) is 6.00. The van der Waals surface area contributed by atoms with Gasteiger partial charge in [-0.25, -0.2) is 4.39 Å². The molecule has 1 aliphatic rings. The van der Waals surface area contributed by atoms with E-state index >= 15 is 0 Å². The van der Waals surface area contributed by atoms with Gasteiger partial charge in [-0.1, -0.05) is 34.2 Å². The maximum atomic E-state index is 12.4. The fourth-order valence-electron chi connectivity index (χ4n) is 0.553. The predicted octanol–water partition coefficient (Wildman–Crippen LogP) is 2.21. The van der Waals surface area contributed by atoms with E-state index in [1.165, 1.54) is 6.08 Å². The summed E-state index contributed by atoms with van der Waals surface area (Å²) in [6, 6.07) is 0. The molecule has 0 bridgehead atoms. The predicted molar refractivity (Wildman–Crippen MR) is 35.9 cm³/mol. The lowest BCUT2D eigenvalue weighted by Crippen LogP contribution is -2.11. The van der Waals surface area contributed by atoms with E-state index in [-0.39, 0.29) is 4.83 Å². The first kappa shape index (κ1) is 6.02. The first-order valence-corrected chi connectivity index (χ1v) is 3.35. The Labute approximate surface area is 56.2 Å². The lowest BCUT2D eigenvalue weighted by atomic mass is 10.2. The van der Waals surface area contributed by atoms with Crippen LogP contribution in [-0.4, -0.2) is 11.0 Å². The minimum Gasteiger partial charge on any atom is -0.241 e. The van der Waals surface area contributed by atoms with Crippen LogP contribution in [0.15, 0.2) is 24.3 Å². The SMILES string of the molecule is FC1C=CC=CC1Br. The Morgan fingerprint density at radius 1 is 1.25 bits per heavy atom. The average molecular weight is 177 g/mol. The Morgan fingerprint density at radius 3 is 2.25 bits per heavy atom. The standard InChI is InChI=1S/C6H6BrF/c7-5-3-1-2-4-6(5)8/h1-6H. The molecule has 1 rings (SSSR count). The fourth-order valence-corrected chi connectivity index (χ4v) is 0.905. The average Bonchev–Trinajstić information content (AvgIpc) is 1.77. The lowest BCUT2D eigenvalue weighted by Gasteiger charge is -2.08. The summed E-state index contributed by atoms with van der Waals surface area (Å²) in [4.78, 5) is -0.118. The van der Waals surface area contributed by atoms with Crippen molar-refractivity contribution in [3.8, 4) is 0 Å². The number of halogens is 2. The molecule has 0 saturated carbocycles. The van der Waals surface area contributed by atoms with Crippen molar-refractivity contribution in [2.45, 2.75) is 11.0 Å². The van der Waals surface area contributed by atoms with Crippen molar-refractivity contribution < 1.29 is 4.39 Å². The molecule has 0 nitrogen and oxygen atoms in total. The molecule has 8 heavy (non-hydrogen) atoms. The van der Waals surface area contributed by atoms with Crippen LogP contribution in [0, 0.1) is 0 Å². The molecular weight excluding hydrogens is 171 g/mol. The zero-order valence-corrected chi connectivity index (χ0v) is 5.81. The maximum Gasteiger partial charge on any atom is 0.134 e. The third-order valence-corrected chi connectivity index (χ3v) is 1.82. The van der Waals surface area contributed by atoms with Crippen molar-refractivity contribution >= 4 is 15.9 Å². The molecular formula is C6H6BrF. The van der Waals surface area contributed by atoms with Gasteiger partial charge in [0, 0.05) is 0 Å². The van der Waals surface area contributed by atoms with Crippen LogP contribution in [0.25, 0.3) is 0 Å². The van der Waals surface area contributed by atoms with Gasteiger partial charge in [-0.3, -0.25) is 0 Å². The normalized spacial score (nSPS) is 35.8. The highest BCUT2D eigenvalue weighted by Gasteiger charge is 2.12. The highest BCUT2D eigenvalue weighted by Crippen LogP contribution is 2.15. The summed E-state index contributed by atoms with van der Waals surface area (Å²) in [5, 5.41) is 0. The zero-order chi connectivity index (χ0) is 5.98. The molecule has 2 unspecified atom stereocenters. The molecule has 0 fully saturated rings. The van der Waals surface area contributed by atoms with Gasteiger partial charge in [-0.05, 0) is 6.08 Å². The molecule has 0 heterocycles. The number of hydrogen-bond donors (Lipinski definition) is 0. The van der Waals surface area contributed by atoms with Gasteiger partial charge in [0.1, 0.15) is 6.17 Å². The van der Waals surface area contributed by atoms with Crippen LogP contribution in [0.5, 0.6) is 0 Å². The molecule has 0 radical (unpaired) electrons. The summed E-state index contributed by atoms with van der Waals surface area (Å²) in [5.74, 6) is 0. The second kappa shape index (κ2) is 2.44. The monoisotopic (exact) mass is 176 g/mol. The number of rotatable bonds is 0. The van der Waals surface area contributed by atoms with Crippen LogP contribution in [0.1, 0.15) is 0 Å². The van der Waals surface area contributed by atoms with Crippen molar-refractivity contribution in [3.63, 3.8) is 0 Å². The minimum atomic E-state index is -0.847. The van der Waals surface area contributed by atoms with Gasteiger partial charge in [-0.15, -0.1) is 0 Å².